The van der Waals surface area contributed by atoms with Crippen LogP contribution in [0.15, 0.2) is 41.4 Å². The Balaban J connectivity index is 1.58. The summed E-state index contributed by atoms with van der Waals surface area (Å²) in [7, 11) is 1.83. The highest BCUT2D eigenvalue weighted by Crippen LogP contribution is 2.48. The van der Waals surface area contributed by atoms with Crippen molar-refractivity contribution in [2.75, 3.05) is 13.6 Å². The molecule has 2 aliphatic rings. The van der Waals surface area contributed by atoms with Crippen LogP contribution in [0.5, 0.6) is 0 Å². The van der Waals surface area contributed by atoms with Crippen molar-refractivity contribution in [2.45, 2.75) is 37.1 Å². The fourth-order valence-electron chi connectivity index (χ4n) is 2.91. The van der Waals surface area contributed by atoms with Crippen LogP contribution in [0.3, 0.4) is 0 Å². The predicted molar refractivity (Wildman–Crippen MR) is 89.0 cm³/mol. The standard InChI is InChI=1S/C17H22ClN3/c1-19-16(21-15-7-2-3-8-15)20-12-17(9-10-17)13-5-4-6-14(18)11-13/h2-6,11,15H,7-10,12H2,1H3,(H2,19,20,21). The molecule has 3 nitrogen and oxygen atoms in total. The summed E-state index contributed by atoms with van der Waals surface area (Å²) in [6.07, 6.45) is 9.03. The van der Waals surface area contributed by atoms with Crippen molar-refractivity contribution in [1.82, 2.24) is 10.6 Å². The molecule has 1 fully saturated rings. The molecule has 0 amide bonds. The number of guanidine groups is 1. The first kappa shape index (κ1) is 14.5. The summed E-state index contributed by atoms with van der Waals surface area (Å²) >= 11 is 6.12. The molecule has 0 heterocycles. The van der Waals surface area contributed by atoms with Crippen molar-refractivity contribution in [2.24, 2.45) is 4.99 Å². The summed E-state index contributed by atoms with van der Waals surface area (Å²) in [6, 6.07) is 8.72. The molecule has 0 aliphatic heterocycles. The van der Waals surface area contributed by atoms with Crippen molar-refractivity contribution >= 4 is 17.6 Å². The Bertz CT molecular complexity index is 553. The molecule has 0 unspecified atom stereocenters. The van der Waals surface area contributed by atoms with Crippen LogP contribution in [0.1, 0.15) is 31.2 Å². The number of aliphatic imine (C=N–C) groups is 1. The van der Waals surface area contributed by atoms with Crippen LogP contribution in [0.25, 0.3) is 0 Å². The lowest BCUT2D eigenvalue weighted by Crippen LogP contribution is -2.45. The number of benzene rings is 1. The molecule has 21 heavy (non-hydrogen) atoms. The molecule has 1 aromatic rings. The SMILES string of the molecule is CN=C(NCC1(c2cccc(Cl)c2)CC1)NC1CC=CC1. The Kier molecular flexibility index (Phi) is 4.20. The number of hydrogen-bond acceptors (Lipinski definition) is 1. The Labute approximate surface area is 131 Å². The quantitative estimate of drug-likeness (QED) is 0.509. The summed E-state index contributed by atoms with van der Waals surface area (Å²) in [6.45, 7) is 0.910. The van der Waals surface area contributed by atoms with Gasteiger partial charge in [0.25, 0.3) is 0 Å². The fraction of sp³-hybridized carbons (Fsp3) is 0.471. The van der Waals surface area contributed by atoms with E-state index in [1.807, 2.05) is 19.2 Å². The van der Waals surface area contributed by atoms with E-state index in [1.165, 1.54) is 18.4 Å². The number of nitrogens with zero attached hydrogens (tertiary/aromatic N) is 1. The van der Waals surface area contributed by atoms with Gasteiger partial charge in [-0.05, 0) is 43.4 Å². The summed E-state index contributed by atoms with van der Waals surface area (Å²) in [5.74, 6) is 0.900. The Morgan fingerprint density at radius 2 is 2.10 bits per heavy atom. The normalized spacial score (nSPS) is 20.6. The average molecular weight is 304 g/mol. The molecular formula is C17H22ClN3. The number of nitrogens with one attached hydrogen (secondary N) is 2. The van der Waals surface area contributed by atoms with Gasteiger partial charge in [-0.3, -0.25) is 4.99 Å². The van der Waals surface area contributed by atoms with Gasteiger partial charge in [-0.15, -0.1) is 0 Å². The highest BCUT2D eigenvalue weighted by atomic mass is 35.5. The number of hydrogen-bond donors (Lipinski definition) is 2. The predicted octanol–water partition coefficient (Wildman–Crippen LogP) is 3.26. The number of rotatable bonds is 4. The zero-order chi connectivity index (χ0) is 14.7. The van der Waals surface area contributed by atoms with Gasteiger partial charge >= 0.3 is 0 Å². The van der Waals surface area contributed by atoms with Gasteiger partial charge in [0.2, 0.25) is 0 Å². The molecule has 0 aromatic heterocycles. The monoisotopic (exact) mass is 303 g/mol. The molecule has 3 rings (SSSR count). The first-order valence-corrected chi connectivity index (χ1v) is 7.98. The van der Waals surface area contributed by atoms with Crippen LogP contribution in [-0.4, -0.2) is 25.6 Å². The molecule has 0 bridgehead atoms. The Morgan fingerprint density at radius 1 is 1.33 bits per heavy atom. The molecule has 1 aromatic carbocycles. The largest absolute Gasteiger partial charge is 0.356 e. The highest BCUT2D eigenvalue weighted by molar-refractivity contribution is 6.30. The molecule has 4 heteroatoms. The molecule has 1 saturated carbocycles. The molecule has 0 saturated heterocycles. The van der Waals surface area contributed by atoms with Crippen molar-refractivity contribution < 1.29 is 0 Å². The van der Waals surface area contributed by atoms with E-state index in [0.29, 0.717) is 6.04 Å². The van der Waals surface area contributed by atoms with Crippen LogP contribution in [0, 0.1) is 0 Å². The first-order chi connectivity index (χ1) is 10.2. The van der Waals surface area contributed by atoms with E-state index in [9.17, 15) is 0 Å². The van der Waals surface area contributed by atoms with E-state index in [4.69, 9.17) is 11.6 Å². The smallest absolute Gasteiger partial charge is 0.191 e. The molecular weight excluding hydrogens is 282 g/mol. The van der Waals surface area contributed by atoms with Crippen molar-refractivity contribution in [3.63, 3.8) is 0 Å². The molecule has 0 spiro atoms. The Morgan fingerprint density at radius 3 is 2.71 bits per heavy atom. The second-order valence-electron chi connectivity index (χ2n) is 6.00. The van der Waals surface area contributed by atoms with Gasteiger partial charge in [-0.1, -0.05) is 35.9 Å². The zero-order valence-corrected chi connectivity index (χ0v) is 13.2. The maximum absolute atomic E-state index is 6.12. The summed E-state index contributed by atoms with van der Waals surface area (Å²) < 4.78 is 0. The van der Waals surface area contributed by atoms with Gasteiger partial charge in [0.15, 0.2) is 5.96 Å². The second kappa shape index (κ2) is 6.10. The van der Waals surface area contributed by atoms with Gasteiger partial charge in [0, 0.05) is 30.1 Å². The van der Waals surface area contributed by atoms with Crippen LogP contribution >= 0.6 is 11.6 Å². The van der Waals surface area contributed by atoms with Gasteiger partial charge in [0.1, 0.15) is 0 Å². The highest BCUT2D eigenvalue weighted by Gasteiger charge is 2.44. The van der Waals surface area contributed by atoms with Gasteiger partial charge < -0.3 is 10.6 Å². The van der Waals surface area contributed by atoms with E-state index < -0.39 is 0 Å². The van der Waals surface area contributed by atoms with Crippen LogP contribution < -0.4 is 10.6 Å². The van der Waals surface area contributed by atoms with E-state index >= 15 is 0 Å². The van der Waals surface area contributed by atoms with Crippen LogP contribution in [0.2, 0.25) is 5.02 Å². The van der Waals surface area contributed by atoms with Crippen molar-refractivity contribution in [1.29, 1.82) is 0 Å². The lowest BCUT2D eigenvalue weighted by Gasteiger charge is -2.21. The van der Waals surface area contributed by atoms with Gasteiger partial charge in [0.05, 0.1) is 0 Å². The van der Waals surface area contributed by atoms with Gasteiger partial charge in [-0.25, -0.2) is 0 Å². The second-order valence-corrected chi connectivity index (χ2v) is 6.44. The van der Waals surface area contributed by atoms with Crippen LogP contribution in [-0.2, 0) is 5.41 Å². The van der Waals surface area contributed by atoms with Crippen LogP contribution in [0.4, 0.5) is 0 Å². The topological polar surface area (TPSA) is 36.4 Å². The van der Waals surface area contributed by atoms with E-state index in [-0.39, 0.29) is 5.41 Å². The Hall–Kier alpha value is -1.48. The molecule has 2 aliphatic carbocycles. The summed E-state index contributed by atoms with van der Waals surface area (Å²) in [4.78, 5) is 4.33. The maximum Gasteiger partial charge on any atom is 0.191 e. The van der Waals surface area contributed by atoms with E-state index in [2.05, 4.69) is 39.9 Å². The lowest BCUT2D eigenvalue weighted by molar-refractivity contribution is 0.605. The van der Waals surface area contributed by atoms with Crippen molar-refractivity contribution in [3.8, 4) is 0 Å². The minimum absolute atomic E-state index is 0.233. The average Bonchev–Trinajstić information content (AvgIpc) is 3.12. The number of halogens is 1. The van der Waals surface area contributed by atoms with E-state index in [1.54, 1.807) is 0 Å². The first-order valence-electron chi connectivity index (χ1n) is 7.60. The minimum atomic E-state index is 0.233. The molecule has 2 N–H and O–H groups in total. The fourth-order valence-corrected chi connectivity index (χ4v) is 3.10. The molecule has 0 atom stereocenters. The maximum atomic E-state index is 6.12. The summed E-state index contributed by atoms with van der Waals surface area (Å²) in [5.41, 5.74) is 1.57. The molecule has 0 radical (unpaired) electrons. The third kappa shape index (κ3) is 3.41. The summed E-state index contributed by atoms with van der Waals surface area (Å²) in [5, 5.41) is 7.78. The lowest BCUT2D eigenvalue weighted by atomic mass is 9.96. The van der Waals surface area contributed by atoms with Crippen molar-refractivity contribution in [3.05, 3.63) is 47.0 Å². The third-order valence-corrected chi connectivity index (χ3v) is 4.69. The van der Waals surface area contributed by atoms with Gasteiger partial charge in [-0.2, -0.15) is 0 Å². The third-order valence-electron chi connectivity index (χ3n) is 4.46. The zero-order valence-electron chi connectivity index (χ0n) is 12.4. The minimum Gasteiger partial charge on any atom is -0.356 e. The molecule has 112 valence electrons. The van der Waals surface area contributed by atoms with E-state index in [0.717, 1.165) is 30.4 Å².